The molecule has 3 rings (SSSR count). The Bertz CT molecular complexity index is 707. The predicted octanol–water partition coefficient (Wildman–Crippen LogP) is 1.81. The number of hydrogen-bond donors (Lipinski definition) is 2. The van der Waals surface area contributed by atoms with Crippen LogP contribution in [-0.2, 0) is 6.54 Å². The number of aliphatic hydroxyl groups excluding tert-OH is 1. The van der Waals surface area contributed by atoms with E-state index in [0.717, 1.165) is 52.4 Å². The zero-order valence-electron chi connectivity index (χ0n) is 12.5. The summed E-state index contributed by atoms with van der Waals surface area (Å²) in [7, 11) is 0. The molecule has 6 heteroatoms. The summed E-state index contributed by atoms with van der Waals surface area (Å²) in [5, 5.41) is 9.75. The number of rotatable bonds is 4. The Morgan fingerprint density at radius 1 is 1.48 bits per heavy atom. The van der Waals surface area contributed by atoms with Crippen LogP contribution in [0.4, 0.5) is 0 Å². The molecule has 2 aromatic heterocycles. The lowest BCUT2D eigenvalue weighted by molar-refractivity contribution is 0.248. The van der Waals surface area contributed by atoms with Gasteiger partial charge in [0.15, 0.2) is 0 Å². The Morgan fingerprint density at radius 2 is 2.29 bits per heavy atom. The molecule has 0 aromatic carbocycles. The second kappa shape index (κ2) is 5.87. The maximum atomic E-state index is 12.2. The summed E-state index contributed by atoms with van der Waals surface area (Å²) >= 11 is 1.59. The van der Waals surface area contributed by atoms with Gasteiger partial charge in [-0.05, 0) is 44.7 Å². The van der Waals surface area contributed by atoms with Gasteiger partial charge in [0.05, 0.1) is 11.9 Å². The number of likely N-dealkylation sites (tertiary alicyclic amines) is 1. The van der Waals surface area contributed by atoms with Crippen molar-refractivity contribution < 1.29 is 5.11 Å². The van der Waals surface area contributed by atoms with Crippen LogP contribution in [0.5, 0.6) is 0 Å². The summed E-state index contributed by atoms with van der Waals surface area (Å²) in [4.78, 5) is 24.1. The van der Waals surface area contributed by atoms with Gasteiger partial charge in [0.25, 0.3) is 5.56 Å². The fourth-order valence-corrected chi connectivity index (χ4v) is 4.11. The third-order valence-electron chi connectivity index (χ3n) is 4.37. The topological polar surface area (TPSA) is 69.2 Å². The lowest BCUT2D eigenvalue weighted by Crippen LogP contribution is -2.23. The molecule has 0 spiro atoms. The van der Waals surface area contributed by atoms with E-state index in [1.807, 2.05) is 13.8 Å². The van der Waals surface area contributed by atoms with E-state index in [4.69, 9.17) is 5.11 Å². The van der Waals surface area contributed by atoms with Gasteiger partial charge < -0.3 is 10.1 Å². The van der Waals surface area contributed by atoms with Gasteiger partial charge in [-0.1, -0.05) is 0 Å². The van der Waals surface area contributed by atoms with Crippen molar-refractivity contribution >= 4 is 21.6 Å². The average Bonchev–Trinajstić information content (AvgIpc) is 2.96. The molecule has 0 amide bonds. The largest absolute Gasteiger partial charge is 0.396 e. The monoisotopic (exact) mass is 307 g/mol. The Balaban J connectivity index is 1.81. The predicted molar refractivity (Wildman–Crippen MR) is 84.8 cm³/mol. The van der Waals surface area contributed by atoms with Crippen LogP contribution in [0.15, 0.2) is 4.79 Å². The molecule has 21 heavy (non-hydrogen) atoms. The SMILES string of the molecule is Cc1sc2nc(CN3CCC(CCO)C3)[nH]c(=O)c2c1C. The van der Waals surface area contributed by atoms with Crippen LogP contribution < -0.4 is 5.56 Å². The number of hydrogen-bond acceptors (Lipinski definition) is 5. The molecule has 1 unspecified atom stereocenters. The molecule has 1 aliphatic rings. The van der Waals surface area contributed by atoms with Crippen molar-refractivity contribution in [3.05, 3.63) is 26.6 Å². The van der Waals surface area contributed by atoms with Gasteiger partial charge in [-0.25, -0.2) is 4.98 Å². The summed E-state index contributed by atoms with van der Waals surface area (Å²) in [6.45, 7) is 6.93. The molecule has 1 aliphatic heterocycles. The zero-order chi connectivity index (χ0) is 15.0. The summed E-state index contributed by atoms with van der Waals surface area (Å²) in [6, 6.07) is 0. The van der Waals surface area contributed by atoms with E-state index in [0.29, 0.717) is 12.5 Å². The third kappa shape index (κ3) is 2.88. The van der Waals surface area contributed by atoms with Crippen molar-refractivity contribution in [3.8, 4) is 0 Å². The van der Waals surface area contributed by atoms with Gasteiger partial charge in [-0.3, -0.25) is 9.69 Å². The van der Waals surface area contributed by atoms with Crippen molar-refractivity contribution in [2.75, 3.05) is 19.7 Å². The van der Waals surface area contributed by atoms with E-state index in [2.05, 4.69) is 14.9 Å². The number of nitrogens with zero attached hydrogens (tertiary/aromatic N) is 2. The Morgan fingerprint density at radius 3 is 3.05 bits per heavy atom. The van der Waals surface area contributed by atoms with Crippen LogP contribution in [0.1, 0.15) is 29.1 Å². The molecule has 2 N–H and O–H groups in total. The van der Waals surface area contributed by atoms with Gasteiger partial charge in [-0.15, -0.1) is 11.3 Å². The molecule has 2 aromatic rings. The molecule has 0 radical (unpaired) electrons. The summed E-state index contributed by atoms with van der Waals surface area (Å²) < 4.78 is 0. The van der Waals surface area contributed by atoms with Crippen LogP contribution in [-0.4, -0.2) is 39.7 Å². The highest BCUT2D eigenvalue weighted by Gasteiger charge is 2.23. The molecule has 0 bridgehead atoms. The van der Waals surface area contributed by atoms with E-state index >= 15 is 0 Å². The number of aromatic amines is 1. The van der Waals surface area contributed by atoms with Crippen molar-refractivity contribution in [2.45, 2.75) is 33.2 Å². The second-order valence-corrected chi connectivity index (χ2v) is 7.08. The van der Waals surface area contributed by atoms with E-state index in [9.17, 15) is 4.79 Å². The van der Waals surface area contributed by atoms with Crippen molar-refractivity contribution in [3.63, 3.8) is 0 Å². The first-order valence-electron chi connectivity index (χ1n) is 7.40. The third-order valence-corrected chi connectivity index (χ3v) is 5.47. The van der Waals surface area contributed by atoms with Crippen molar-refractivity contribution in [1.29, 1.82) is 0 Å². The molecular formula is C15H21N3O2S. The minimum absolute atomic E-state index is 0.0250. The van der Waals surface area contributed by atoms with Gasteiger partial charge in [0.1, 0.15) is 10.7 Å². The van der Waals surface area contributed by atoms with E-state index in [-0.39, 0.29) is 12.2 Å². The number of H-pyrrole nitrogens is 1. The normalized spacial score (nSPS) is 19.7. The van der Waals surface area contributed by atoms with Gasteiger partial charge >= 0.3 is 0 Å². The average molecular weight is 307 g/mol. The second-order valence-electron chi connectivity index (χ2n) is 5.88. The number of aryl methyl sites for hydroxylation is 2. The van der Waals surface area contributed by atoms with Gasteiger partial charge in [-0.2, -0.15) is 0 Å². The molecule has 114 valence electrons. The maximum absolute atomic E-state index is 12.2. The molecule has 1 fully saturated rings. The first kappa shape index (κ1) is 14.7. The fraction of sp³-hybridized carbons (Fsp3) is 0.600. The lowest BCUT2D eigenvalue weighted by atomic mass is 10.1. The van der Waals surface area contributed by atoms with Crippen molar-refractivity contribution in [1.82, 2.24) is 14.9 Å². The molecule has 0 aliphatic carbocycles. The summed E-state index contributed by atoms with van der Waals surface area (Å²) in [6.07, 6.45) is 1.98. The molecule has 5 nitrogen and oxygen atoms in total. The summed E-state index contributed by atoms with van der Waals surface area (Å²) in [5.41, 5.74) is 1.02. The Hall–Kier alpha value is -1.24. The van der Waals surface area contributed by atoms with Gasteiger partial charge in [0.2, 0.25) is 0 Å². The Kier molecular flexibility index (Phi) is 4.10. The fourth-order valence-electron chi connectivity index (χ4n) is 3.06. The van der Waals surface area contributed by atoms with Gasteiger partial charge in [0, 0.05) is 18.0 Å². The van der Waals surface area contributed by atoms with Crippen LogP contribution in [0.2, 0.25) is 0 Å². The van der Waals surface area contributed by atoms with E-state index < -0.39 is 0 Å². The van der Waals surface area contributed by atoms with E-state index in [1.54, 1.807) is 11.3 Å². The molecular weight excluding hydrogens is 286 g/mol. The number of fused-ring (bicyclic) bond motifs is 1. The highest BCUT2D eigenvalue weighted by molar-refractivity contribution is 7.18. The number of thiophene rings is 1. The maximum Gasteiger partial charge on any atom is 0.259 e. The quantitative estimate of drug-likeness (QED) is 0.904. The smallest absolute Gasteiger partial charge is 0.259 e. The molecule has 0 saturated carbocycles. The first-order valence-corrected chi connectivity index (χ1v) is 8.22. The van der Waals surface area contributed by atoms with Crippen LogP contribution in [0, 0.1) is 19.8 Å². The first-order chi connectivity index (χ1) is 10.1. The van der Waals surface area contributed by atoms with E-state index in [1.165, 1.54) is 0 Å². The standard InChI is InChI=1S/C15H21N3O2S/c1-9-10(2)21-15-13(9)14(20)16-12(17-15)8-18-5-3-11(7-18)4-6-19/h11,19H,3-8H2,1-2H3,(H,16,17,20). The van der Waals surface area contributed by atoms with Crippen LogP contribution >= 0.6 is 11.3 Å². The van der Waals surface area contributed by atoms with Crippen LogP contribution in [0.3, 0.4) is 0 Å². The number of aliphatic hydroxyl groups is 1. The highest BCUT2D eigenvalue weighted by atomic mass is 32.1. The lowest BCUT2D eigenvalue weighted by Gasteiger charge is -2.14. The summed E-state index contributed by atoms with van der Waals surface area (Å²) in [5.74, 6) is 1.31. The zero-order valence-corrected chi connectivity index (χ0v) is 13.3. The Labute approximate surface area is 127 Å². The van der Waals surface area contributed by atoms with Crippen molar-refractivity contribution in [2.24, 2.45) is 5.92 Å². The minimum atomic E-state index is -0.0250. The molecule has 1 atom stereocenters. The molecule has 1 saturated heterocycles. The minimum Gasteiger partial charge on any atom is -0.396 e. The molecule has 3 heterocycles. The van der Waals surface area contributed by atoms with Crippen LogP contribution in [0.25, 0.3) is 10.2 Å². The highest BCUT2D eigenvalue weighted by Crippen LogP contribution is 2.26. The number of aromatic nitrogens is 2. The number of nitrogens with one attached hydrogen (secondary N) is 1.